The van der Waals surface area contributed by atoms with Gasteiger partial charge in [0.05, 0.1) is 5.57 Å². The molecule has 0 aromatic heterocycles. The molecule has 0 fully saturated rings. The molecule has 1 nitrogen and oxygen atoms in total. The van der Waals surface area contributed by atoms with E-state index in [1.54, 1.807) is 0 Å². The summed E-state index contributed by atoms with van der Waals surface area (Å²) < 4.78 is 22.6. The Balaban J connectivity index is 2.43. The number of hydrogen-bond donors (Lipinski definition) is 0. The highest BCUT2D eigenvalue weighted by Crippen LogP contribution is 2.10. The maximum atomic E-state index is 11.3. The van der Waals surface area contributed by atoms with E-state index in [9.17, 15) is 8.78 Å². The van der Waals surface area contributed by atoms with Gasteiger partial charge in [0.2, 0.25) is 0 Å². The summed E-state index contributed by atoms with van der Waals surface area (Å²) in [7, 11) is 0. The highest BCUT2D eigenvalue weighted by Gasteiger charge is 2.10. The minimum atomic E-state index is -2.34. The Morgan fingerprint density at radius 1 is 1.57 bits per heavy atom. The van der Waals surface area contributed by atoms with Crippen molar-refractivity contribution < 1.29 is 8.78 Å². The molecule has 1 heterocycles. The molecule has 0 spiro atoms. The van der Waals surface area contributed by atoms with E-state index >= 15 is 0 Å². The van der Waals surface area contributed by atoms with Crippen molar-refractivity contribution in [1.82, 2.24) is 0 Å². The van der Waals surface area contributed by atoms with Crippen molar-refractivity contribution in [2.75, 3.05) is 0 Å². The fraction of sp³-hybridized carbons (Fsp3) is 0.250. The maximum Gasteiger partial charge on any atom is 0.266 e. The lowest BCUT2D eigenvalue weighted by Crippen LogP contribution is -2.02. The van der Waals surface area contributed by atoms with Gasteiger partial charge in [-0.25, -0.2) is 8.78 Å². The van der Waals surface area contributed by atoms with Crippen LogP contribution in [0.1, 0.15) is 0 Å². The van der Waals surface area contributed by atoms with Gasteiger partial charge in [0.25, 0.3) is 6.43 Å². The minimum Gasteiger partial charge on any atom is -0.264 e. The molecule has 0 saturated carbocycles. The molecule has 38 valence electrons. The molecule has 0 bridgehead atoms. The molecular weight excluding hydrogens is 100 g/mol. The molecule has 0 aromatic carbocycles. The summed E-state index contributed by atoms with van der Waals surface area (Å²) in [6, 6.07) is 0. The molecule has 0 aliphatic carbocycles. The zero-order valence-electron chi connectivity index (χ0n) is 3.44. The maximum absolute atomic E-state index is 11.3. The molecular formula is C4H3F2N. The number of hydrogen-bond acceptors (Lipinski definition) is 1. The average Bonchev–Trinajstić information content (AvgIpc) is 1.23. The summed E-state index contributed by atoms with van der Waals surface area (Å²) in [5.41, 5.74) is 0.0278. The molecule has 0 saturated heterocycles. The first-order valence-corrected chi connectivity index (χ1v) is 1.82. The van der Waals surface area contributed by atoms with E-state index < -0.39 is 6.43 Å². The van der Waals surface area contributed by atoms with Crippen molar-refractivity contribution >= 4 is 6.21 Å². The summed E-state index contributed by atoms with van der Waals surface area (Å²) in [5, 5.41) is 0. The monoisotopic (exact) mass is 103 g/mol. The van der Waals surface area contributed by atoms with Gasteiger partial charge in [0, 0.05) is 12.4 Å². The van der Waals surface area contributed by atoms with E-state index in [0.29, 0.717) is 0 Å². The quantitative estimate of drug-likeness (QED) is 0.473. The lowest BCUT2D eigenvalue weighted by molar-refractivity contribution is 0.196. The normalized spacial score (nSPS) is 16.7. The number of halogens is 2. The number of allylic oxidation sites excluding steroid dienone is 1. The third-order valence-corrected chi connectivity index (χ3v) is 0.699. The first-order valence-electron chi connectivity index (χ1n) is 1.82. The summed E-state index contributed by atoms with van der Waals surface area (Å²) in [6.45, 7) is 0. The Hall–Kier alpha value is -0.730. The van der Waals surface area contributed by atoms with Gasteiger partial charge < -0.3 is 0 Å². The average molecular weight is 103 g/mol. The third-order valence-electron chi connectivity index (χ3n) is 0.699. The van der Waals surface area contributed by atoms with Crippen molar-refractivity contribution in [1.29, 1.82) is 0 Å². The van der Waals surface area contributed by atoms with Gasteiger partial charge in [-0.2, -0.15) is 0 Å². The van der Waals surface area contributed by atoms with Crippen LogP contribution in [0.2, 0.25) is 0 Å². The molecule has 1 rings (SSSR count). The fourth-order valence-corrected chi connectivity index (χ4v) is 0.273. The molecule has 0 radical (unpaired) electrons. The fourth-order valence-electron chi connectivity index (χ4n) is 0.273. The summed E-state index contributed by atoms with van der Waals surface area (Å²) in [5.74, 6) is 0. The zero-order chi connectivity index (χ0) is 5.28. The van der Waals surface area contributed by atoms with Crippen LogP contribution in [0.3, 0.4) is 0 Å². The van der Waals surface area contributed by atoms with Gasteiger partial charge in [-0.15, -0.1) is 0 Å². The van der Waals surface area contributed by atoms with E-state index in [-0.39, 0.29) is 5.57 Å². The predicted molar refractivity (Wildman–Crippen MR) is 22.6 cm³/mol. The molecule has 0 unspecified atom stereocenters. The van der Waals surface area contributed by atoms with E-state index in [0.717, 1.165) is 12.4 Å². The topological polar surface area (TPSA) is 12.4 Å². The number of nitrogens with zero attached hydrogens (tertiary/aromatic N) is 1. The van der Waals surface area contributed by atoms with Crippen LogP contribution in [0.25, 0.3) is 0 Å². The second-order valence-corrected chi connectivity index (χ2v) is 1.21. The van der Waals surface area contributed by atoms with E-state index in [1.807, 2.05) is 0 Å². The Kier molecular flexibility index (Phi) is 0.889. The van der Waals surface area contributed by atoms with E-state index in [2.05, 4.69) is 4.99 Å². The Morgan fingerprint density at radius 2 is 2.14 bits per heavy atom. The minimum absolute atomic E-state index is 0.0278. The van der Waals surface area contributed by atoms with Crippen LogP contribution in [0.4, 0.5) is 8.78 Å². The molecule has 0 atom stereocenters. The van der Waals surface area contributed by atoms with Crippen LogP contribution in [0, 0.1) is 0 Å². The van der Waals surface area contributed by atoms with Gasteiger partial charge in [-0.3, -0.25) is 4.99 Å². The third kappa shape index (κ3) is 0.656. The second-order valence-electron chi connectivity index (χ2n) is 1.21. The highest BCUT2D eigenvalue weighted by molar-refractivity contribution is 5.85. The standard InChI is InChI=1S/C4H3F2N/c5-4(6)3-1-7-2-3/h1-2,4H. The second kappa shape index (κ2) is 1.40. The first-order chi connectivity index (χ1) is 3.30. The van der Waals surface area contributed by atoms with E-state index in [4.69, 9.17) is 0 Å². The van der Waals surface area contributed by atoms with Gasteiger partial charge in [-0.1, -0.05) is 0 Å². The molecule has 0 amide bonds. The number of aliphatic imine (C=N–C) groups is 1. The first kappa shape index (κ1) is 4.43. The highest BCUT2D eigenvalue weighted by atomic mass is 19.3. The molecule has 0 aromatic rings. The summed E-state index contributed by atoms with van der Waals surface area (Å²) in [6.07, 6.45) is -0.0208. The summed E-state index contributed by atoms with van der Waals surface area (Å²) in [4.78, 5) is 3.35. The number of alkyl halides is 2. The Labute approximate surface area is 39.4 Å². The predicted octanol–water partition coefficient (Wildman–Crippen LogP) is 1.22. The van der Waals surface area contributed by atoms with Gasteiger partial charge in [0.15, 0.2) is 0 Å². The lowest BCUT2D eigenvalue weighted by atomic mass is 10.3. The van der Waals surface area contributed by atoms with E-state index in [1.165, 1.54) is 0 Å². The molecule has 3 heteroatoms. The van der Waals surface area contributed by atoms with Gasteiger partial charge in [-0.05, 0) is 0 Å². The van der Waals surface area contributed by atoms with Crippen LogP contribution in [0.5, 0.6) is 0 Å². The molecule has 1 aliphatic rings. The van der Waals surface area contributed by atoms with Crippen molar-refractivity contribution in [2.45, 2.75) is 6.43 Å². The smallest absolute Gasteiger partial charge is 0.264 e. The molecule has 7 heavy (non-hydrogen) atoms. The van der Waals surface area contributed by atoms with Crippen molar-refractivity contribution in [3.63, 3.8) is 0 Å². The van der Waals surface area contributed by atoms with Crippen LogP contribution in [0.15, 0.2) is 16.8 Å². The SMILES string of the molecule is FC(F)C1=CN=C1. The van der Waals surface area contributed by atoms with Gasteiger partial charge in [0.1, 0.15) is 0 Å². The summed E-state index contributed by atoms with van der Waals surface area (Å²) >= 11 is 0. The van der Waals surface area contributed by atoms with Crippen molar-refractivity contribution in [3.8, 4) is 0 Å². The lowest BCUT2D eigenvalue weighted by Gasteiger charge is -2.01. The largest absolute Gasteiger partial charge is 0.266 e. The van der Waals surface area contributed by atoms with Crippen molar-refractivity contribution in [3.05, 3.63) is 11.8 Å². The number of rotatable bonds is 1. The van der Waals surface area contributed by atoms with Crippen LogP contribution in [-0.2, 0) is 0 Å². The molecule has 0 N–H and O–H groups in total. The van der Waals surface area contributed by atoms with Crippen LogP contribution in [-0.4, -0.2) is 12.6 Å². The van der Waals surface area contributed by atoms with Gasteiger partial charge >= 0.3 is 0 Å². The Bertz CT molecular complexity index is 126. The zero-order valence-corrected chi connectivity index (χ0v) is 3.44. The Morgan fingerprint density at radius 3 is 2.14 bits per heavy atom. The molecule has 1 aliphatic heterocycles. The van der Waals surface area contributed by atoms with Crippen LogP contribution < -0.4 is 0 Å². The van der Waals surface area contributed by atoms with Crippen molar-refractivity contribution in [2.24, 2.45) is 4.99 Å². The van der Waals surface area contributed by atoms with Crippen LogP contribution >= 0.6 is 0 Å².